The summed E-state index contributed by atoms with van der Waals surface area (Å²) >= 11 is 0. The van der Waals surface area contributed by atoms with Crippen molar-refractivity contribution in [3.63, 3.8) is 0 Å². The molecule has 3 rings (SSSR count). The van der Waals surface area contributed by atoms with Crippen LogP contribution in [0, 0.1) is 12.8 Å². The molecule has 22 heavy (non-hydrogen) atoms. The molecule has 2 N–H and O–H groups in total. The maximum atomic E-state index is 12.1. The van der Waals surface area contributed by atoms with Crippen LogP contribution >= 0.6 is 0 Å². The monoisotopic (exact) mass is 299 g/mol. The van der Waals surface area contributed by atoms with Gasteiger partial charge in [-0.05, 0) is 25.0 Å². The van der Waals surface area contributed by atoms with Crippen molar-refractivity contribution < 1.29 is 4.79 Å². The van der Waals surface area contributed by atoms with Crippen molar-refractivity contribution in [3.05, 3.63) is 30.1 Å². The van der Waals surface area contributed by atoms with Crippen molar-refractivity contribution in [2.24, 2.45) is 5.92 Å². The molecule has 1 amide bonds. The van der Waals surface area contributed by atoms with E-state index in [4.69, 9.17) is 0 Å². The summed E-state index contributed by atoms with van der Waals surface area (Å²) in [5, 5.41) is 9.91. The summed E-state index contributed by atoms with van der Waals surface area (Å²) in [5.41, 5.74) is 1.66. The summed E-state index contributed by atoms with van der Waals surface area (Å²) in [6.45, 7) is 6.57. The highest BCUT2D eigenvalue weighted by atomic mass is 16.2. The Morgan fingerprint density at radius 2 is 2.27 bits per heavy atom. The van der Waals surface area contributed by atoms with Crippen molar-refractivity contribution in [2.45, 2.75) is 20.3 Å². The van der Waals surface area contributed by atoms with Crippen LogP contribution in [-0.2, 0) is 4.79 Å². The predicted molar refractivity (Wildman–Crippen MR) is 85.4 cm³/mol. The molecule has 0 spiro atoms. The first-order chi connectivity index (χ1) is 10.6. The van der Waals surface area contributed by atoms with Gasteiger partial charge in [0, 0.05) is 24.3 Å². The SMILES string of the molecule is CCC1CN(CC(=O)Nc2cccc(-c3n[nH]c(C)n3)c2)C1. The molecular formula is C16H21N5O. The van der Waals surface area contributed by atoms with Crippen LogP contribution < -0.4 is 5.32 Å². The second-order valence-electron chi connectivity index (χ2n) is 5.84. The molecule has 2 heterocycles. The molecule has 116 valence electrons. The molecule has 0 unspecified atom stereocenters. The smallest absolute Gasteiger partial charge is 0.238 e. The number of hydrogen-bond acceptors (Lipinski definition) is 4. The third-order valence-electron chi connectivity index (χ3n) is 3.98. The zero-order chi connectivity index (χ0) is 15.5. The highest BCUT2D eigenvalue weighted by molar-refractivity contribution is 5.92. The Morgan fingerprint density at radius 1 is 1.45 bits per heavy atom. The van der Waals surface area contributed by atoms with Crippen LogP contribution in [-0.4, -0.2) is 45.6 Å². The number of hydrogen-bond donors (Lipinski definition) is 2. The van der Waals surface area contributed by atoms with Crippen LogP contribution in [0.1, 0.15) is 19.2 Å². The van der Waals surface area contributed by atoms with E-state index < -0.39 is 0 Å². The number of aryl methyl sites for hydroxylation is 1. The van der Waals surface area contributed by atoms with Crippen LogP contribution in [0.3, 0.4) is 0 Å². The van der Waals surface area contributed by atoms with Gasteiger partial charge in [-0.2, -0.15) is 5.10 Å². The standard InChI is InChI=1S/C16H21N5O/c1-3-12-8-21(9-12)10-15(22)18-14-6-4-5-13(7-14)16-17-11(2)19-20-16/h4-7,12H,3,8-10H2,1-2H3,(H,18,22)(H,17,19,20). The Labute approximate surface area is 129 Å². The van der Waals surface area contributed by atoms with Crippen molar-refractivity contribution in [1.82, 2.24) is 20.1 Å². The van der Waals surface area contributed by atoms with Crippen LogP contribution in [0.25, 0.3) is 11.4 Å². The number of aromatic amines is 1. The van der Waals surface area contributed by atoms with Gasteiger partial charge in [0.2, 0.25) is 5.91 Å². The average Bonchev–Trinajstić information content (AvgIpc) is 2.89. The molecule has 6 nitrogen and oxygen atoms in total. The van der Waals surface area contributed by atoms with Gasteiger partial charge in [0.15, 0.2) is 5.82 Å². The number of amides is 1. The van der Waals surface area contributed by atoms with Crippen molar-refractivity contribution in [2.75, 3.05) is 25.0 Å². The highest BCUT2D eigenvalue weighted by Gasteiger charge is 2.26. The molecule has 6 heteroatoms. The van der Waals surface area contributed by atoms with Gasteiger partial charge in [0.1, 0.15) is 5.82 Å². The lowest BCUT2D eigenvalue weighted by atomic mass is 9.97. The Hall–Kier alpha value is -2.21. The Morgan fingerprint density at radius 3 is 2.95 bits per heavy atom. The van der Waals surface area contributed by atoms with E-state index in [2.05, 4.69) is 32.3 Å². The zero-order valence-electron chi connectivity index (χ0n) is 13.0. The number of benzene rings is 1. The number of carbonyl (C=O) groups excluding carboxylic acids is 1. The van der Waals surface area contributed by atoms with E-state index in [9.17, 15) is 4.79 Å². The topological polar surface area (TPSA) is 73.9 Å². The number of aromatic nitrogens is 3. The van der Waals surface area contributed by atoms with Crippen LogP contribution in [0.2, 0.25) is 0 Å². The summed E-state index contributed by atoms with van der Waals surface area (Å²) < 4.78 is 0. The van der Waals surface area contributed by atoms with Gasteiger partial charge >= 0.3 is 0 Å². The van der Waals surface area contributed by atoms with Gasteiger partial charge in [0.25, 0.3) is 0 Å². The fourth-order valence-electron chi connectivity index (χ4n) is 2.68. The minimum absolute atomic E-state index is 0.0258. The summed E-state index contributed by atoms with van der Waals surface area (Å²) in [6.07, 6.45) is 1.19. The molecule has 0 saturated carbocycles. The molecule has 0 bridgehead atoms. The van der Waals surface area contributed by atoms with Gasteiger partial charge in [-0.1, -0.05) is 25.5 Å². The molecule has 1 saturated heterocycles. The number of likely N-dealkylation sites (tertiary alicyclic amines) is 1. The van der Waals surface area contributed by atoms with E-state index >= 15 is 0 Å². The first kappa shape index (κ1) is 14.7. The lowest BCUT2D eigenvalue weighted by Crippen LogP contribution is -2.49. The molecule has 1 aromatic heterocycles. The van der Waals surface area contributed by atoms with E-state index in [-0.39, 0.29) is 5.91 Å². The van der Waals surface area contributed by atoms with E-state index in [1.807, 2.05) is 31.2 Å². The lowest BCUT2D eigenvalue weighted by Gasteiger charge is -2.38. The average molecular weight is 299 g/mol. The summed E-state index contributed by atoms with van der Waals surface area (Å²) in [6, 6.07) is 7.60. The molecule has 1 aliphatic rings. The molecule has 1 fully saturated rings. The minimum atomic E-state index is 0.0258. The highest BCUT2D eigenvalue weighted by Crippen LogP contribution is 2.20. The molecule has 0 aliphatic carbocycles. The quantitative estimate of drug-likeness (QED) is 0.886. The lowest BCUT2D eigenvalue weighted by molar-refractivity contribution is -0.118. The number of rotatable bonds is 5. The van der Waals surface area contributed by atoms with Gasteiger partial charge in [-0.3, -0.25) is 14.8 Å². The van der Waals surface area contributed by atoms with E-state index in [1.165, 1.54) is 6.42 Å². The van der Waals surface area contributed by atoms with Gasteiger partial charge in [-0.25, -0.2) is 4.98 Å². The van der Waals surface area contributed by atoms with Gasteiger partial charge in [0.05, 0.1) is 6.54 Å². The number of anilines is 1. The Bertz CT molecular complexity index is 660. The maximum Gasteiger partial charge on any atom is 0.238 e. The van der Waals surface area contributed by atoms with Crippen LogP contribution in [0.15, 0.2) is 24.3 Å². The largest absolute Gasteiger partial charge is 0.325 e. The molecule has 1 aromatic carbocycles. The number of carbonyl (C=O) groups is 1. The molecule has 1 aliphatic heterocycles. The van der Waals surface area contributed by atoms with Gasteiger partial charge in [-0.15, -0.1) is 0 Å². The third-order valence-corrected chi connectivity index (χ3v) is 3.98. The van der Waals surface area contributed by atoms with Crippen molar-refractivity contribution in [3.8, 4) is 11.4 Å². The number of nitrogens with zero attached hydrogens (tertiary/aromatic N) is 3. The maximum absolute atomic E-state index is 12.1. The van der Waals surface area contributed by atoms with Crippen molar-refractivity contribution >= 4 is 11.6 Å². The third kappa shape index (κ3) is 3.33. The van der Waals surface area contributed by atoms with Crippen LogP contribution in [0.5, 0.6) is 0 Å². The summed E-state index contributed by atoms with van der Waals surface area (Å²) in [4.78, 5) is 18.5. The fourth-order valence-corrected chi connectivity index (χ4v) is 2.68. The second-order valence-corrected chi connectivity index (χ2v) is 5.84. The van der Waals surface area contributed by atoms with E-state index in [0.29, 0.717) is 12.4 Å². The van der Waals surface area contributed by atoms with Crippen molar-refractivity contribution in [1.29, 1.82) is 0 Å². The van der Waals surface area contributed by atoms with E-state index in [1.54, 1.807) is 0 Å². The van der Waals surface area contributed by atoms with Crippen LogP contribution in [0.4, 0.5) is 5.69 Å². The molecular weight excluding hydrogens is 278 g/mol. The molecule has 0 radical (unpaired) electrons. The fraction of sp³-hybridized carbons (Fsp3) is 0.438. The first-order valence-electron chi connectivity index (χ1n) is 7.65. The Balaban J connectivity index is 1.59. The zero-order valence-corrected chi connectivity index (χ0v) is 13.0. The Kier molecular flexibility index (Phi) is 4.20. The van der Waals surface area contributed by atoms with E-state index in [0.717, 1.165) is 36.1 Å². The predicted octanol–water partition coefficient (Wildman–Crippen LogP) is 2.06. The number of H-pyrrole nitrogens is 1. The minimum Gasteiger partial charge on any atom is -0.325 e. The second kappa shape index (κ2) is 6.27. The molecule has 0 atom stereocenters. The first-order valence-corrected chi connectivity index (χ1v) is 7.65. The number of nitrogens with one attached hydrogen (secondary N) is 2. The summed E-state index contributed by atoms with van der Waals surface area (Å²) in [7, 11) is 0. The normalized spacial score (nSPS) is 15.5. The summed E-state index contributed by atoms with van der Waals surface area (Å²) in [5.74, 6) is 2.19. The molecule has 2 aromatic rings. The van der Waals surface area contributed by atoms with Gasteiger partial charge < -0.3 is 5.32 Å².